The molecule has 3 N–H and O–H groups in total. The number of carbonyl (C=O) groups excluding carboxylic acids is 1. The molecule has 0 saturated carbocycles. The molecule has 0 bridgehead atoms. The highest BCUT2D eigenvalue weighted by molar-refractivity contribution is 5.78. The average Bonchev–Trinajstić information content (AvgIpc) is 1.64. The zero-order valence-corrected chi connectivity index (χ0v) is 5.14. The largest absolute Gasteiger partial charge is 0.320 e. The fraction of sp³-hybridized carbons (Fsp3) is 0.800. The summed E-state index contributed by atoms with van der Waals surface area (Å²) in [6, 6.07) is -0.602. The minimum Gasteiger partial charge on any atom is -0.320 e. The lowest BCUT2D eigenvalue weighted by Crippen LogP contribution is -2.35. The summed E-state index contributed by atoms with van der Waals surface area (Å²) in [7, 11) is 0. The smallest absolute Gasteiger partial charge is 0.255 e. The first kappa shape index (κ1) is 7.43. The molecule has 0 aromatic heterocycles. The molecule has 0 heterocycles. The number of hydrogen-bond donors (Lipinski definition) is 1. The monoisotopic (exact) mass is 115 g/mol. The molecule has 0 unspecified atom stereocenters. The molecule has 0 spiro atoms. The van der Waals surface area contributed by atoms with Crippen molar-refractivity contribution in [3.8, 4) is 0 Å². The van der Waals surface area contributed by atoms with Crippen molar-refractivity contribution >= 4 is 5.91 Å². The van der Waals surface area contributed by atoms with Gasteiger partial charge in [-0.05, 0) is 5.92 Å². The molecule has 1 atom stereocenters. The fourth-order valence-electron chi connectivity index (χ4n) is 0.303. The van der Waals surface area contributed by atoms with Crippen LogP contribution in [0.5, 0.6) is 0 Å². The highest BCUT2D eigenvalue weighted by Gasteiger charge is 2.12. The van der Waals surface area contributed by atoms with Crippen molar-refractivity contribution in [3.63, 3.8) is 0 Å². The van der Waals surface area contributed by atoms with Gasteiger partial charge in [0.1, 0.15) is 0 Å². The molecular formula is C5H11N2O. The summed E-state index contributed by atoms with van der Waals surface area (Å²) in [6.45, 7) is 3.63. The Bertz CT molecular complexity index is 90.4. The molecule has 0 aromatic carbocycles. The molecule has 0 aliphatic heterocycles. The number of amides is 1. The Kier molecular flexibility index (Phi) is 2.48. The zero-order valence-electron chi connectivity index (χ0n) is 5.14. The van der Waals surface area contributed by atoms with Gasteiger partial charge < -0.3 is 5.73 Å². The highest BCUT2D eigenvalue weighted by Crippen LogP contribution is 1.95. The number of nitrogens with one attached hydrogen (secondary N) is 1. The second-order valence-electron chi connectivity index (χ2n) is 2.13. The Morgan fingerprint density at radius 1 is 1.62 bits per heavy atom. The Morgan fingerprint density at radius 2 is 2.00 bits per heavy atom. The second kappa shape index (κ2) is 2.67. The van der Waals surface area contributed by atoms with Crippen LogP contribution in [0.25, 0.3) is 0 Å². The van der Waals surface area contributed by atoms with Crippen LogP contribution in [0.2, 0.25) is 0 Å². The molecule has 3 nitrogen and oxygen atoms in total. The molecule has 0 aromatic rings. The van der Waals surface area contributed by atoms with Gasteiger partial charge in [0.05, 0.1) is 6.04 Å². The lowest BCUT2D eigenvalue weighted by Gasteiger charge is -2.08. The molecule has 1 radical (unpaired) electrons. The highest BCUT2D eigenvalue weighted by atomic mass is 16.1. The van der Waals surface area contributed by atoms with E-state index in [2.05, 4.69) is 0 Å². The van der Waals surface area contributed by atoms with Crippen molar-refractivity contribution in [2.75, 3.05) is 0 Å². The summed E-state index contributed by atoms with van der Waals surface area (Å²) < 4.78 is 0. The minimum atomic E-state index is -0.681. The summed E-state index contributed by atoms with van der Waals surface area (Å²) >= 11 is 0. The Hall–Kier alpha value is -0.570. The van der Waals surface area contributed by atoms with Gasteiger partial charge >= 0.3 is 0 Å². The van der Waals surface area contributed by atoms with E-state index >= 15 is 0 Å². The van der Waals surface area contributed by atoms with Gasteiger partial charge in [-0.3, -0.25) is 10.5 Å². The van der Waals surface area contributed by atoms with Gasteiger partial charge in [0.15, 0.2) is 0 Å². The van der Waals surface area contributed by atoms with E-state index in [1.54, 1.807) is 0 Å². The van der Waals surface area contributed by atoms with Crippen LogP contribution in [0.15, 0.2) is 0 Å². The zero-order chi connectivity index (χ0) is 6.73. The SMILES string of the molecule is CC(C)[C@H](N)C([NH])=O. The van der Waals surface area contributed by atoms with Crippen molar-refractivity contribution in [2.45, 2.75) is 19.9 Å². The van der Waals surface area contributed by atoms with E-state index in [-0.39, 0.29) is 5.92 Å². The predicted octanol–water partition coefficient (Wildman–Crippen LogP) is -0.221. The van der Waals surface area contributed by atoms with Crippen LogP contribution in [-0.2, 0) is 4.79 Å². The number of carbonyl (C=O) groups is 1. The molecule has 0 aliphatic carbocycles. The van der Waals surface area contributed by atoms with Gasteiger partial charge in [-0.2, -0.15) is 0 Å². The summed E-state index contributed by atoms with van der Waals surface area (Å²) in [4.78, 5) is 10.1. The van der Waals surface area contributed by atoms with Gasteiger partial charge in [0.2, 0.25) is 0 Å². The van der Waals surface area contributed by atoms with Gasteiger partial charge in [0.25, 0.3) is 5.91 Å². The van der Waals surface area contributed by atoms with Gasteiger partial charge in [0, 0.05) is 0 Å². The molecule has 3 heteroatoms. The lowest BCUT2D eigenvalue weighted by molar-refractivity contribution is -0.120. The van der Waals surface area contributed by atoms with Crippen LogP contribution in [0.3, 0.4) is 0 Å². The van der Waals surface area contributed by atoms with Crippen LogP contribution >= 0.6 is 0 Å². The summed E-state index contributed by atoms with van der Waals surface area (Å²) in [5.74, 6) is -0.597. The quantitative estimate of drug-likeness (QED) is 0.540. The van der Waals surface area contributed by atoms with E-state index in [0.717, 1.165) is 0 Å². The summed E-state index contributed by atoms with van der Waals surface area (Å²) in [5.41, 5.74) is 11.8. The van der Waals surface area contributed by atoms with Crippen LogP contribution < -0.4 is 11.5 Å². The number of nitrogens with two attached hydrogens (primary N) is 1. The number of rotatable bonds is 2. The Morgan fingerprint density at radius 3 is 2.00 bits per heavy atom. The summed E-state index contributed by atoms with van der Waals surface area (Å²) in [6.07, 6.45) is 0. The van der Waals surface area contributed by atoms with Gasteiger partial charge in [-0.15, -0.1) is 0 Å². The lowest BCUT2D eigenvalue weighted by atomic mass is 10.1. The second-order valence-corrected chi connectivity index (χ2v) is 2.13. The van der Waals surface area contributed by atoms with Crippen LogP contribution in [0.4, 0.5) is 0 Å². The van der Waals surface area contributed by atoms with Gasteiger partial charge in [-0.25, -0.2) is 0 Å². The van der Waals surface area contributed by atoms with E-state index in [1.807, 2.05) is 13.8 Å². The molecule has 0 saturated heterocycles. The van der Waals surface area contributed by atoms with Crippen molar-refractivity contribution < 1.29 is 4.79 Å². The van der Waals surface area contributed by atoms with E-state index in [1.165, 1.54) is 0 Å². The van der Waals surface area contributed by atoms with Crippen LogP contribution in [0.1, 0.15) is 13.8 Å². The first-order valence-electron chi connectivity index (χ1n) is 2.56. The third-order valence-electron chi connectivity index (χ3n) is 1.02. The fourth-order valence-corrected chi connectivity index (χ4v) is 0.303. The van der Waals surface area contributed by atoms with Crippen molar-refractivity contribution in [1.82, 2.24) is 5.73 Å². The molecule has 0 aliphatic rings. The van der Waals surface area contributed by atoms with Crippen molar-refractivity contribution in [1.29, 1.82) is 0 Å². The third kappa shape index (κ3) is 1.93. The minimum absolute atomic E-state index is 0.0833. The molecule has 47 valence electrons. The molecule has 0 rings (SSSR count). The normalized spacial score (nSPS) is 14.0. The number of hydrogen-bond acceptors (Lipinski definition) is 2. The maximum atomic E-state index is 10.1. The first-order chi connectivity index (χ1) is 3.55. The summed E-state index contributed by atoms with van der Waals surface area (Å²) in [5, 5.41) is 0. The first-order valence-corrected chi connectivity index (χ1v) is 2.56. The maximum Gasteiger partial charge on any atom is 0.255 e. The molecular weight excluding hydrogens is 104 g/mol. The van der Waals surface area contributed by atoms with Crippen molar-refractivity contribution in [2.24, 2.45) is 11.7 Å². The predicted molar refractivity (Wildman–Crippen MR) is 30.9 cm³/mol. The van der Waals surface area contributed by atoms with Crippen molar-refractivity contribution in [3.05, 3.63) is 0 Å². The molecule has 8 heavy (non-hydrogen) atoms. The molecule has 0 fully saturated rings. The maximum absolute atomic E-state index is 10.1. The third-order valence-corrected chi connectivity index (χ3v) is 1.02. The Balaban J connectivity index is 3.64. The Labute approximate surface area is 49.0 Å². The topological polar surface area (TPSA) is 66.9 Å². The average molecular weight is 115 g/mol. The van der Waals surface area contributed by atoms with Crippen LogP contribution in [0, 0.1) is 5.92 Å². The standard InChI is InChI=1S/C5H11N2O/c1-3(2)4(6)5(7)8/h3-4,7H,6H2,1-2H3/t4-/m0/s1. The van der Waals surface area contributed by atoms with Gasteiger partial charge in [-0.1, -0.05) is 13.8 Å². The van der Waals surface area contributed by atoms with E-state index in [9.17, 15) is 4.79 Å². The van der Waals surface area contributed by atoms with E-state index in [0.29, 0.717) is 0 Å². The van der Waals surface area contributed by atoms with E-state index < -0.39 is 11.9 Å². The van der Waals surface area contributed by atoms with E-state index in [4.69, 9.17) is 11.5 Å². The van der Waals surface area contributed by atoms with Crippen LogP contribution in [-0.4, -0.2) is 11.9 Å². The molecule has 1 amide bonds.